The summed E-state index contributed by atoms with van der Waals surface area (Å²) in [5.41, 5.74) is 1.29. The summed E-state index contributed by atoms with van der Waals surface area (Å²) < 4.78 is 5.36. The smallest absolute Gasteiger partial charge is 0.0876 e. The second-order valence-electron chi connectivity index (χ2n) is 3.52. The van der Waals surface area contributed by atoms with Gasteiger partial charge in [0.15, 0.2) is 0 Å². The summed E-state index contributed by atoms with van der Waals surface area (Å²) in [5.74, 6) is 0. The molecule has 1 aliphatic heterocycles. The lowest BCUT2D eigenvalue weighted by molar-refractivity contribution is 0.220. The second-order valence-corrected chi connectivity index (χ2v) is 4.88. The molecular weight excluding hydrogens is 230 g/mol. The van der Waals surface area contributed by atoms with E-state index in [0.29, 0.717) is 0 Å². The molecule has 0 fully saturated rings. The van der Waals surface area contributed by atoms with Crippen LogP contribution < -0.4 is 5.32 Å². The third-order valence-corrected chi connectivity index (χ3v) is 3.95. The summed E-state index contributed by atoms with van der Waals surface area (Å²) in [6.45, 7) is 0.831. The van der Waals surface area contributed by atoms with Crippen LogP contribution in [-0.4, -0.2) is 13.7 Å². The molecule has 2 nitrogen and oxygen atoms in total. The molecule has 1 atom stereocenters. The molecule has 1 aromatic rings. The Balaban J connectivity index is 2.24. The number of thiophene rings is 1. The number of likely N-dealkylation sites (N-methyl/N-ethyl adjacent to an activating group) is 1. The minimum absolute atomic E-state index is 0.206. The standard InChI is InChI=1S/C11H14ClNOS/c1-13-10(8-3-2-5-14-7-8)11-9(12)4-6-15-11/h4,6-7,10,13H,2-3,5H2,1H3. The number of nitrogens with one attached hydrogen (secondary N) is 1. The molecule has 0 aliphatic carbocycles. The van der Waals surface area contributed by atoms with Crippen LogP contribution in [0.3, 0.4) is 0 Å². The SMILES string of the molecule is CNC(C1=COCCC1)c1sccc1Cl. The average Bonchev–Trinajstić information content (AvgIpc) is 2.68. The van der Waals surface area contributed by atoms with E-state index >= 15 is 0 Å². The predicted octanol–water partition coefficient (Wildman–Crippen LogP) is 3.36. The van der Waals surface area contributed by atoms with E-state index in [1.807, 2.05) is 24.8 Å². The zero-order valence-electron chi connectivity index (χ0n) is 8.63. The van der Waals surface area contributed by atoms with Crippen molar-refractivity contribution in [3.05, 3.63) is 33.2 Å². The van der Waals surface area contributed by atoms with Gasteiger partial charge in [0.2, 0.25) is 0 Å². The zero-order chi connectivity index (χ0) is 10.7. The van der Waals surface area contributed by atoms with Crippen molar-refractivity contribution in [2.45, 2.75) is 18.9 Å². The van der Waals surface area contributed by atoms with Crippen molar-refractivity contribution < 1.29 is 4.74 Å². The van der Waals surface area contributed by atoms with Crippen molar-refractivity contribution >= 4 is 22.9 Å². The van der Waals surface area contributed by atoms with Crippen LogP contribution in [0, 0.1) is 0 Å². The molecule has 0 saturated carbocycles. The molecule has 1 N–H and O–H groups in total. The molecule has 1 unspecified atom stereocenters. The van der Waals surface area contributed by atoms with Crippen LogP contribution in [0.15, 0.2) is 23.3 Å². The summed E-state index contributed by atoms with van der Waals surface area (Å²) in [7, 11) is 1.95. The third-order valence-electron chi connectivity index (χ3n) is 2.53. The van der Waals surface area contributed by atoms with E-state index in [1.165, 1.54) is 10.5 Å². The van der Waals surface area contributed by atoms with Gasteiger partial charge in [-0.25, -0.2) is 0 Å². The average molecular weight is 244 g/mol. The van der Waals surface area contributed by atoms with Crippen molar-refractivity contribution in [2.75, 3.05) is 13.7 Å². The van der Waals surface area contributed by atoms with Gasteiger partial charge in [0.05, 0.1) is 23.9 Å². The second kappa shape index (κ2) is 5.01. The van der Waals surface area contributed by atoms with Crippen molar-refractivity contribution in [1.29, 1.82) is 0 Å². The maximum Gasteiger partial charge on any atom is 0.0876 e. The molecule has 0 radical (unpaired) electrons. The van der Waals surface area contributed by atoms with Gasteiger partial charge in [0.25, 0.3) is 0 Å². The Hall–Kier alpha value is -0.510. The Morgan fingerprint density at radius 2 is 2.47 bits per heavy atom. The van der Waals surface area contributed by atoms with E-state index in [9.17, 15) is 0 Å². The quantitative estimate of drug-likeness (QED) is 0.879. The Morgan fingerprint density at radius 1 is 1.60 bits per heavy atom. The van der Waals surface area contributed by atoms with Gasteiger partial charge in [0, 0.05) is 4.88 Å². The van der Waals surface area contributed by atoms with Crippen LogP contribution in [0.2, 0.25) is 5.02 Å². The summed E-state index contributed by atoms with van der Waals surface area (Å²) >= 11 is 7.82. The summed E-state index contributed by atoms with van der Waals surface area (Å²) in [6.07, 6.45) is 4.05. The summed E-state index contributed by atoms with van der Waals surface area (Å²) in [5, 5.41) is 6.15. The fourth-order valence-corrected chi connectivity index (χ4v) is 3.11. The first-order valence-corrected chi connectivity index (χ1v) is 6.29. The molecule has 0 aromatic carbocycles. The lowest BCUT2D eigenvalue weighted by Crippen LogP contribution is -2.20. The third kappa shape index (κ3) is 2.36. The monoisotopic (exact) mass is 243 g/mol. The molecule has 0 spiro atoms. The van der Waals surface area contributed by atoms with Gasteiger partial charge in [-0.1, -0.05) is 11.6 Å². The molecule has 15 heavy (non-hydrogen) atoms. The van der Waals surface area contributed by atoms with Gasteiger partial charge in [-0.2, -0.15) is 0 Å². The molecule has 0 bridgehead atoms. The lowest BCUT2D eigenvalue weighted by Gasteiger charge is -2.22. The fraction of sp³-hybridized carbons (Fsp3) is 0.455. The maximum absolute atomic E-state index is 6.13. The van der Waals surface area contributed by atoms with Crippen LogP contribution in [0.5, 0.6) is 0 Å². The highest BCUT2D eigenvalue weighted by molar-refractivity contribution is 7.10. The zero-order valence-corrected chi connectivity index (χ0v) is 10.2. The number of halogens is 1. The Kier molecular flexibility index (Phi) is 3.67. The first-order valence-electron chi connectivity index (χ1n) is 5.03. The van der Waals surface area contributed by atoms with Crippen molar-refractivity contribution in [1.82, 2.24) is 5.32 Å². The van der Waals surface area contributed by atoms with E-state index in [2.05, 4.69) is 5.32 Å². The van der Waals surface area contributed by atoms with Gasteiger partial charge >= 0.3 is 0 Å². The van der Waals surface area contributed by atoms with E-state index < -0.39 is 0 Å². The van der Waals surface area contributed by atoms with Crippen molar-refractivity contribution in [3.63, 3.8) is 0 Å². The van der Waals surface area contributed by atoms with Crippen molar-refractivity contribution in [3.8, 4) is 0 Å². The molecule has 0 amide bonds. The number of hydrogen-bond acceptors (Lipinski definition) is 3. The highest BCUT2D eigenvalue weighted by atomic mass is 35.5. The van der Waals surface area contributed by atoms with Crippen LogP contribution in [0.4, 0.5) is 0 Å². The Morgan fingerprint density at radius 3 is 3.00 bits per heavy atom. The molecule has 2 heterocycles. The number of ether oxygens (including phenoxy) is 1. The van der Waals surface area contributed by atoms with Crippen LogP contribution in [0.1, 0.15) is 23.8 Å². The fourth-order valence-electron chi connectivity index (χ4n) is 1.79. The highest BCUT2D eigenvalue weighted by Gasteiger charge is 2.20. The van der Waals surface area contributed by atoms with E-state index in [-0.39, 0.29) is 6.04 Å². The first-order chi connectivity index (χ1) is 7.33. The number of hydrogen-bond donors (Lipinski definition) is 1. The van der Waals surface area contributed by atoms with Crippen molar-refractivity contribution in [2.24, 2.45) is 0 Å². The first kappa shape index (κ1) is 11.0. The minimum Gasteiger partial charge on any atom is -0.501 e. The van der Waals surface area contributed by atoms with Crippen LogP contribution >= 0.6 is 22.9 Å². The predicted molar refractivity (Wildman–Crippen MR) is 64.4 cm³/mol. The van der Waals surface area contributed by atoms with Crippen LogP contribution in [0.25, 0.3) is 0 Å². The van der Waals surface area contributed by atoms with Gasteiger partial charge in [0.1, 0.15) is 0 Å². The molecular formula is C11H14ClNOS. The van der Waals surface area contributed by atoms with Gasteiger partial charge < -0.3 is 10.1 Å². The van der Waals surface area contributed by atoms with Gasteiger partial charge in [-0.15, -0.1) is 11.3 Å². The molecule has 1 aromatic heterocycles. The van der Waals surface area contributed by atoms with Gasteiger partial charge in [-0.3, -0.25) is 0 Å². The molecule has 2 rings (SSSR count). The topological polar surface area (TPSA) is 21.3 Å². The molecule has 4 heteroatoms. The summed E-state index contributed by atoms with van der Waals surface area (Å²) in [6, 6.07) is 2.15. The molecule has 0 saturated heterocycles. The van der Waals surface area contributed by atoms with E-state index in [4.69, 9.17) is 16.3 Å². The Labute approximate surface area is 98.9 Å². The maximum atomic E-state index is 6.13. The lowest BCUT2D eigenvalue weighted by atomic mass is 10.0. The van der Waals surface area contributed by atoms with Gasteiger partial charge in [-0.05, 0) is 36.9 Å². The number of rotatable bonds is 3. The van der Waals surface area contributed by atoms with E-state index in [1.54, 1.807) is 11.3 Å². The Bertz CT molecular complexity index is 361. The van der Waals surface area contributed by atoms with Crippen LogP contribution in [-0.2, 0) is 4.74 Å². The molecule has 1 aliphatic rings. The minimum atomic E-state index is 0.206. The molecule has 82 valence electrons. The normalized spacial score (nSPS) is 18.1. The highest BCUT2D eigenvalue weighted by Crippen LogP contribution is 2.35. The van der Waals surface area contributed by atoms with E-state index in [0.717, 1.165) is 24.5 Å². The largest absolute Gasteiger partial charge is 0.501 e. The summed E-state index contributed by atoms with van der Waals surface area (Å²) in [4.78, 5) is 1.18.